The van der Waals surface area contributed by atoms with Crippen molar-refractivity contribution in [1.82, 2.24) is 19.8 Å². The number of sulfonamides is 1. The van der Waals surface area contributed by atoms with Crippen molar-refractivity contribution in [3.63, 3.8) is 0 Å². The Balaban J connectivity index is 1.60. The standard InChI is InChI=1S/C22H26N4O4S/c1-4-16(2)25-31(28,29)21-11-5-17(6-12-21)22(27)23-15-18-13-14-26(24-18)19-7-9-20(30-3)10-8-19/h5-14,16,25H,4,15H2,1-3H3,(H,23,27). The zero-order valence-electron chi connectivity index (χ0n) is 17.7. The van der Waals surface area contributed by atoms with E-state index >= 15 is 0 Å². The van der Waals surface area contributed by atoms with Crippen LogP contribution < -0.4 is 14.8 Å². The number of carbonyl (C=O) groups excluding carboxylic acids is 1. The number of hydrogen-bond donors (Lipinski definition) is 2. The van der Waals surface area contributed by atoms with E-state index in [9.17, 15) is 13.2 Å². The number of rotatable bonds is 9. The van der Waals surface area contributed by atoms with Gasteiger partial charge in [0.2, 0.25) is 10.0 Å². The molecule has 0 bridgehead atoms. The van der Waals surface area contributed by atoms with Crippen molar-refractivity contribution < 1.29 is 17.9 Å². The second-order valence-corrected chi connectivity index (χ2v) is 8.80. The molecule has 3 aromatic rings. The Morgan fingerprint density at radius 2 is 1.77 bits per heavy atom. The van der Waals surface area contributed by atoms with Crippen molar-refractivity contribution in [2.75, 3.05) is 7.11 Å². The summed E-state index contributed by atoms with van der Waals surface area (Å²) in [6, 6.07) is 15.0. The summed E-state index contributed by atoms with van der Waals surface area (Å²) in [6.45, 7) is 3.95. The zero-order chi connectivity index (χ0) is 22.4. The second kappa shape index (κ2) is 9.76. The third-order valence-electron chi connectivity index (χ3n) is 4.81. The lowest BCUT2D eigenvalue weighted by Crippen LogP contribution is -2.32. The molecule has 0 fully saturated rings. The average molecular weight is 443 g/mol. The number of nitrogens with zero attached hydrogens (tertiary/aromatic N) is 2. The fraction of sp³-hybridized carbons (Fsp3) is 0.273. The van der Waals surface area contributed by atoms with Crippen LogP contribution in [0, 0.1) is 0 Å². The number of carbonyl (C=O) groups is 1. The fourth-order valence-electron chi connectivity index (χ4n) is 2.81. The summed E-state index contributed by atoms with van der Waals surface area (Å²) < 4.78 is 34.1. The Bertz CT molecular complexity index is 1120. The highest BCUT2D eigenvalue weighted by atomic mass is 32.2. The van der Waals surface area contributed by atoms with Crippen molar-refractivity contribution in [3.05, 3.63) is 72.1 Å². The molecule has 8 nitrogen and oxygen atoms in total. The van der Waals surface area contributed by atoms with Gasteiger partial charge in [-0.05, 0) is 67.9 Å². The number of methoxy groups -OCH3 is 1. The first kappa shape index (κ1) is 22.5. The SMILES string of the molecule is CCC(C)NS(=O)(=O)c1ccc(C(=O)NCc2ccn(-c3ccc(OC)cc3)n2)cc1. The molecule has 0 saturated carbocycles. The first-order chi connectivity index (χ1) is 14.8. The van der Waals surface area contributed by atoms with Crippen molar-refractivity contribution in [3.8, 4) is 11.4 Å². The molecular weight excluding hydrogens is 416 g/mol. The van der Waals surface area contributed by atoms with Gasteiger partial charge in [-0.1, -0.05) is 6.92 Å². The van der Waals surface area contributed by atoms with Gasteiger partial charge in [0.05, 0.1) is 29.9 Å². The predicted octanol–water partition coefficient (Wildman–Crippen LogP) is 2.89. The smallest absolute Gasteiger partial charge is 0.251 e. The third kappa shape index (κ3) is 5.71. The van der Waals surface area contributed by atoms with Gasteiger partial charge < -0.3 is 10.1 Å². The molecule has 1 atom stereocenters. The molecule has 1 heterocycles. The van der Waals surface area contributed by atoms with Crippen LogP contribution in [0.3, 0.4) is 0 Å². The van der Waals surface area contributed by atoms with Crippen LogP contribution in [0.5, 0.6) is 5.75 Å². The van der Waals surface area contributed by atoms with Crippen LogP contribution in [-0.2, 0) is 16.6 Å². The van der Waals surface area contributed by atoms with E-state index in [1.165, 1.54) is 24.3 Å². The fourth-order valence-corrected chi connectivity index (χ4v) is 4.14. The lowest BCUT2D eigenvalue weighted by Gasteiger charge is -2.12. The van der Waals surface area contributed by atoms with Crippen molar-refractivity contribution in [2.24, 2.45) is 0 Å². The third-order valence-corrected chi connectivity index (χ3v) is 6.41. The summed E-state index contributed by atoms with van der Waals surface area (Å²) in [7, 11) is -1.99. The molecule has 2 N–H and O–H groups in total. The second-order valence-electron chi connectivity index (χ2n) is 7.09. The van der Waals surface area contributed by atoms with Crippen molar-refractivity contribution in [1.29, 1.82) is 0 Å². The van der Waals surface area contributed by atoms with E-state index in [2.05, 4.69) is 15.1 Å². The highest BCUT2D eigenvalue weighted by molar-refractivity contribution is 7.89. The Kier molecular flexibility index (Phi) is 7.09. The summed E-state index contributed by atoms with van der Waals surface area (Å²) in [5, 5.41) is 7.26. The number of amides is 1. The number of ether oxygens (including phenoxy) is 1. The molecule has 0 aliphatic carbocycles. The quantitative estimate of drug-likeness (QED) is 0.531. The molecule has 2 aromatic carbocycles. The van der Waals surface area contributed by atoms with Crippen LogP contribution in [-0.4, -0.2) is 37.3 Å². The monoisotopic (exact) mass is 442 g/mol. The van der Waals surface area contributed by atoms with Crippen molar-refractivity contribution >= 4 is 15.9 Å². The van der Waals surface area contributed by atoms with Gasteiger partial charge in [0.15, 0.2) is 0 Å². The molecular formula is C22H26N4O4S. The minimum Gasteiger partial charge on any atom is -0.497 e. The van der Waals surface area contributed by atoms with Crippen molar-refractivity contribution in [2.45, 2.75) is 37.8 Å². The van der Waals surface area contributed by atoms with Gasteiger partial charge in [0, 0.05) is 17.8 Å². The summed E-state index contributed by atoms with van der Waals surface area (Å²) in [5.41, 5.74) is 1.94. The molecule has 1 amide bonds. The molecule has 1 aromatic heterocycles. The predicted molar refractivity (Wildman–Crippen MR) is 118 cm³/mol. The molecule has 164 valence electrons. The normalized spacial score (nSPS) is 12.4. The average Bonchev–Trinajstić information content (AvgIpc) is 3.26. The van der Waals surface area contributed by atoms with Gasteiger partial charge in [-0.25, -0.2) is 17.8 Å². The van der Waals surface area contributed by atoms with E-state index < -0.39 is 10.0 Å². The summed E-state index contributed by atoms with van der Waals surface area (Å²) in [5.74, 6) is 0.454. The topological polar surface area (TPSA) is 102 Å². The Morgan fingerprint density at radius 1 is 1.10 bits per heavy atom. The van der Waals surface area contributed by atoms with Gasteiger partial charge in [-0.2, -0.15) is 5.10 Å². The number of aromatic nitrogens is 2. The Labute approximate surface area is 182 Å². The van der Waals surface area contributed by atoms with E-state index in [0.29, 0.717) is 17.7 Å². The van der Waals surface area contributed by atoms with Crippen LogP contribution in [0.15, 0.2) is 65.7 Å². The van der Waals surface area contributed by atoms with Gasteiger partial charge in [0.25, 0.3) is 5.91 Å². The Hall–Kier alpha value is -3.17. The maximum atomic E-state index is 12.4. The molecule has 0 saturated heterocycles. The first-order valence-corrected chi connectivity index (χ1v) is 11.4. The lowest BCUT2D eigenvalue weighted by molar-refractivity contribution is 0.0950. The van der Waals surface area contributed by atoms with Gasteiger partial charge in [0.1, 0.15) is 5.75 Å². The van der Waals surface area contributed by atoms with Crippen LogP contribution in [0.1, 0.15) is 36.3 Å². The maximum absolute atomic E-state index is 12.4. The summed E-state index contributed by atoms with van der Waals surface area (Å²) in [6.07, 6.45) is 2.50. The van der Waals surface area contributed by atoms with Crippen LogP contribution in [0.2, 0.25) is 0 Å². The zero-order valence-corrected chi connectivity index (χ0v) is 18.5. The highest BCUT2D eigenvalue weighted by Crippen LogP contribution is 2.15. The molecule has 0 aliphatic heterocycles. The van der Waals surface area contributed by atoms with Gasteiger partial charge >= 0.3 is 0 Å². The molecule has 31 heavy (non-hydrogen) atoms. The maximum Gasteiger partial charge on any atom is 0.251 e. The summed E-state index contributed by atoms with van der Waals surface area (Å²) in [4.78, 5) is 12.6. The highest BCUT2D eigenvalue weighted by Gasteiger charge is 2.17. The van der Waals surface area contributed by atoms with E-state index in [0.717, 1.165) is 11.4 Å². The Morgan fingerprint density at radius 3 is 2.39 bits per heavy atom. The van der Waals surface area contributed by atoms with E-state index in [-0.39, 0.29) is 23.4 Å². The minimum atomic E-state index is -3.60. The van der Waals surface area contributed by atoms with Gasteiger partial charge in [-0.15, -0.1) is 0 Å². The van der Waals surface area contributed by atoms with Crippen LogP contribution >= 0.6 is 0 Å². The molecule has 1 unspecified atom stereocenters. The van der Waals surface area contributed by atoms with E-state index in [1.54, 1.807) is 18.7 Å². The number of nitrogens with one attached hydrogen (secondary N) is 2. The number of benzene rings is 2. The molecule has 9 heteroatoms. The minimum absolute atomic E-state index is 0.127. The summed E-state index contributed by atoms with van der Waals surface area (Å²) >= 11 is 0. The molecule has 3 rings (SSSR count). The lowest BCUT2D eigenvalue weighted by atomic mass is 10.2. The molecule has 0 spiro atoms. The molecule has 0 aliphatic rings. The van der Waals surface area contributed by atoms with Crippen LogP contribution in [0.25, 0.3) is 5.69 Å². The van der Waals surface area contributed by atoms with E-state index in [1.807, 2.05) is 43.5 Å². The van der Waals surface area contributed by atoms with Crippen LogP contribution in [0.4, 0.5) is 0 Å². The largest absolute Gasteiger partial charge is 0.497 e. The van der Waals surface area contributed by atoms with Gasteiger partial charge in [-0.3, -0.25) is 4.79 Å². The first-order valence-electron chi connectivity index (χ1n) is 9.92. The van der Waals surface area contributed by atoms with E-state index in [4.69, 9.17) is 4.74 Å². The molecule has 0 radical (unpaired) electrons. The number of hydrogen-bond acceptors (Lipinski definition) is 5.